The predicted molar refractivity (Wildman–Crippen MR) is 71.3 cm³/mol. The minimum Gasteiger partial charge on any atom is -0.361 e. The molecule has 0 spiro atoms. The molecule has 2 aromatic rings. The second kappa shape index (κ2) is 5.67. The van der Waals surface area contributed by atoms with Crippen LogP contribution >= 0.6 is 0 Å². The summed E-state index contributed by atoms with van der Waals surface area (Å²) < 4.78 is 0. The molecular formula is C15H19NO. The average molecular weight is 229 g/mol. The topological polar surface area (TPSA) is 32.9 Å². The second-order valence-electron chi connectivity index (χ2n) is 4.52. The van der Waals surface area contributed by atoms with E-state index in [9.17, 15) is 4.79 Å². The maximum absolute atomic E-state index is 10.6. The molecule has 0 saturated heterocycles. The van der Waals surface area contributed by atoms with Crippen LogP contribution in [0.3, 0.4) is 0 Å². The smallest absolute Gasteiger partial charge is 0.124 e. The fraction of sp³-hybridized carbons (Fsp3) is 0.400. The lowest BCUT2D eigenvalue weighted by atomic mass is 10.0. The summed E-state index contributed by atoms with van der Waals surface area (Å²) in [7, 11) is 0. The van der Waals surface area contributed by atoms with Crippen LogP contribution in [0.25, 0.3) is 10.9 Å². The standard InChI is InChI=1S/C15H19NO/c1-2-3-4-5-12-6-7-15-14(10-12)13(8-9-17)11-16-15/h6-7,9-11,16H,2-5,8H2,1H3. The quantitative estimate of drug-likeness (QED) is 0.595. The lowest BCUT2D eigenvalue weighted by Gasteiger charge is -2.02. The van der Waals surface area contributed by atoms with E-state index in [0.29, 0.717) is 6.42 Å². The van der Waals surface area contributed by atoms with Gasteiger partial charge >= 0.3 is 0 Å². The van der Waals surface area contributed by atoms with Crippen molar-refractivity contribution in [3.8, 4) is 0 Å². The van der Waals surface area contributed by atoms with Crippen molar-refractivity contribution in [1.29, 1.82) is 0 Å². The molecule has 2 nitrogen and oxygen atoms in total. The summed E-state index contributed by atoms with van der Waals surface area (Å²) in [6.45, 7) is 2.22. The van der Waals surface area contributed by atoms with Crippen molar-refractivity contribution in [3.05, 3.63) is 35.5 Å². The number of H-pyrrole nitrogens is 1. The summed E-state index contributed by atoms with van der Waals surface area (Å²) in [4.78, 5) is 13.8. The zero-order valence-electron chi connectivity index (χ0n) is 10.3. The van der Waals surface area contributed by atoms with E-state index in [4.69, 9.17) is 0 Å². The van der Waals surface area contributed by atoms with Crippen LogP contribution in [0.5, 0.6) is 0 Å². The number of hydrogen-bond donors (Lipinski definition) is 1. The Bertz CT molecular complexity index is 499. The Labute approximate surface area is 102 Å². The molecule has 2 heteroatoms. The third-order valence-electron chi connectivity index (χ3n) is 3.20. The molecule has 90 valence electrons. The Morgan fingerprint density at radius 2 is 2.18 bits per heavy atom. The summed E-state index contributed by atoms with van der Waals surface area (Å²) >= 11 is 0. The van der Waals surface area contributed by atoms with Crippen LogP contribution in [0.15, 0.2) is 24.4 Å². The van der Waals surface area contributed by atoms with Crippen molar-refractivity contribution in [1.82, 2.24) is 4.98 Å². The second-order valence-corrected chi connectivity index (χ2v) is 4.52. The maximum Gasteiger partial charge on any atom is 0.124 e. The summed E-state index contributed by atoms with van der Waals surface area (Å²) in [5.74, 6) is 0. The van der Waals surface area contributed by atoms with E-state index in [2.05, 4.69) is 30.1 Å². The SMILES string of the molecule is CCCCCc1ccc2[nH]cc(CC=O)c2c1. The Morgan fingerprint density at radius 3 is 2.94 bits per heavy atom. The first-order valence-corrected chi connectivity index (χ1v) is 6.37. The third kappa shape index (κ3) is 2.76. The number of fused-ring (bicyclic) bond motifs is 1. The number of hydrogen-bond acceptors (Lipinski definition) is 1. The molecule has 0 aliphatic carbocycles. The number of carbonyl (C=O) groups excluding carboxylic acids is 1. The van der Waals surface area contributed by atoms with E-state index in [1.54, 1.807) is 0 Å². The van der Waals surface area contributed by atoms with Gasteiger partial charge in [0.2, 0.25) is 0 Å². The van der Waals surface area contributed by atoms with Gasteiger partial charge in [-0.1, -0.05) is 25.8 Å². The molecule has 1 aromatic heterocycles. The van der Waals surface area contributed by atoms with Crippen LogP contribution in [0, 0.1) is 0 Å². The van der Waals surface area contributed by atoms with Gasteiger partial charge in [0.05, 0.1) is 0 Å². The molecule has 0 aliphatic heterocycles. The van der Waals surface area contributed by atoms with E-state index < -0.39 is 0 Å². The Morgan fingerprint density at radius 1 is 1.29 bits per heavy atom. The van der Waals surface area contributed by atoms with Gasteiger partial charge in [-0.05, 0) is 36.1 Å². The molecule has 0 atom stereocenters. The Hall–Kier alpha value is -1.57. The summed E-state index contributed by atoms with van der Waals surface area (Å²) in [6, 6.07) is 6.52. The van der Waals surface area contributed by atoms with Crippen molar-refractivity contribution in [2.45, 2.75) is 39.0 Å². The number of rotatable bonds is 6. The van der Waals surface area contributed by atoms with Crippen LogP contribution < -0.4 is 0 Å². The number of aryl methyl sites for hydroxylation is 1. The lowest BCUT2D eigenvalue weighted by molar-refractivity contribution is -0.107. The van der Waals surface area contributed by atoms with Crippen molar-refractivity contribution < 1.29 is 4.79 Å². The maximum atomic E-state index is 10.6. The first-order chi connectivity index (χ1) is 8.35. The summed E-state index contributed by atoms with van der Waals surface area (Å²) in [5, 5.41) is 1.20. The zero-order valence-corrected chi connectivity index (χ0v) is 10.3. The van der Waals surface area contributed by atoms with Crippen LogP contribution in [-0.4, -0.2) is 11.3 Å². The molecule has 0 bridgehead atoms. The van der Waals surface area contributed by atoms with Gasteiger partial charge in [-0.25, -0.2) is 0 Å². The molecule has 0 unspecified atom stereocenters. The number of carbonyl (C=O) groups is 1. The summed E-state index contributed by atoms with van der Waals surface area (Å²) in [6.07, 6.45) is 8.32. The van der Waals surface area contributed by atoms with E-state index in [-0.39, 0.29) is 0 Å². The van der Waals surface area contributed by atoms with E-state index in [1.807, 2.05) is 6.20 Å². The number of benzene rings is 1. The largest absolute Gasteiger partial charge is 0.361 e. The highest BCUT2D eigenvalue weighted by Crippen LogP contribution is 2.21. The van der Waals surface area contributed by atoms with Gasteiger partial charge in [0.25, 0.3) is 0 Å². The van der Waals surface area contributed by atoms with Gasteiger partial charge in [0, 0.05) is 23.5 Å². The van der Waals surface area contributed by atoms with E-state index in [1.165, 1.54) is 30.2 Å². The number of aromatic nitrogens is 1. The number of unbranched alkanes of at least 4 members (excludes halogenated alkanes) is 2. The van der Waals surface area contributed by atoms with Crippen LogP contribution in [0.2, 0.25) is 0 Å². The molecule has 1 aromatic carbocycles. The Kier molecular flexibility index (Phi) is 3.97. The lowest BCUT2D eigenvalue weighted by Crippen LogP contribution is -1.87. The predicted octanol–water partition coefficient (Wildman–Crippen LogP) is 3.64. The van der Waals surface area contributed by atoms with Crippen LogP contribution in [0.4, 0.5) is 0 Å². The monoisotopic (exact) mass is 229 g/mol. The minimum atomic E-state index is 0.498. The fourth-order valence-corrected chi connectivity index (χ4v) is 2.22. The van der Waals surface area contributed by atoms with Crippen molar-refractivity contribution >= 4 is 17.2 Å². The third-order valence-corrected chi connectivity index (χ3v) is 3.20. The van der Waals surface area contributed by atoms with Crippen molar-refractivity contribution in [2.75, 3.05) is 0 Å². The van der Waals surface area contributed by atoms with Gasteiger partial charge in [0.1, 0.15) is 6.29 Å². The van der Waals surface area contributed by atoms with Crippen LogP contribution in [0.1, 0.15) is 37.3 Å². The minimum absolute atomic E-state index is 0.498. The molecule has 2 rings (SSSR count). The first kappa shape index (κ1) is 11.9. The average Bonchev–Trinajstić information content (AvgIpc) is 2.73. The normalized spacial score (nSPS) is 10.9. The molecule has 1 heterocycles. The number of nitrogens with one attached hydrogen (secondary N) is 1. The highest BCUT2D eigenvalue weighted by Gasteiger charge is 2.04. The zero-order chi connectivity index (χ0) is 12.1. The molecule has 0 amide bonds. The number of aldehydes is 1. The molecule has 0 aliphatic rings. The van der Waals surface area contributed by atoms with Gasteiger partial charge < -0.3 is 9.78 Å². The summed E-state index contributed by atoms with van der Waals surface area (Å²) in [5.41, 5.74) is 3.60. The first-order valence-electron chi connectivity index (χ1n) is 6.37. The molecule has 17 heavy (non-hydrogen) atoms. The molecule has 0 saturated carbocycles. The van der Waals surface area contributed by atoms with Gasteiger partial charge in [-0.2, -0.15) is 0 Å². The van der Waals surface area contributed by atoms with Crippen LogP contribution in [-0.2, 0) is 17.6 Å². The van der Waals surface area contributed by atoms with E-state index >= 15 is 0 Å². The van der Waals surface area contributed by atoms with Gasteiger partial charge in [-0.15, -0.1) is 0 Å². The van der Waals surface area contributed by atoms with Crippen molar-refractivity contribution in [3.63, 3.8) is 0 Å². The van der Waals surface area contributed by atoms with Gasteiger partial charge in [0.15, 0.2) is 0 Å². The number of aromatic amines is 1. The highest BCUT2D eigenvalue weighted by atomic mass is 16.1. The van der Waals surface area contributed by atoms with Gasteiger partial charge in [-0.3, -0.25) is 0 Å². The molecule has 0 radical (unpaired) electrons. The molecule has 1 N–H and O–H groups in total. The Balaban J connectivity index is 2.21. The molecular weight excluding hydrogens is 210 g/mol. The highest BCUT2D eigenvalue weighted by molar-refractivity contribution is 5.85. The molecule has 0 fully saturated rings. The van der Waals surface area contributed by atoms with E-state index in [0.717, 1.165) is 23.8 Å². The fourth-order valence-electron chi connectivity index (χ4n) is 2.22. The van der Waals surface area contributed by atoms with Crippen molar-refractivity contribution in [2.24, 2.45) is 0 Å².